The Morgan fingerprint density at radius 2 is 1.77 bits per heavy atom. The first-order valence-corrected chi connectivity index (χ1v) is 7.61. The van der Waals surface area contributed by atoms with Gasteiger partial charge in [-0.1, -0.05) is 6.07 Å². The number of nitrogens with one attached hydrogen (secondary N) is 1. The second-order valence-corrected chi connectivity index (χ2v) is 6.42. The second-order valence-electron chi connectivity index (χ2n) is 6.42. The highest BCUT2D eigenvalue weighted by molar-refractivity contribution is 5.97. The van der Waals surface area contributed by atoms with Gasteiger partial charge in [-0.15, -0.1) is 0 Å². The molecule has 26 heavy (non-hydrogen) atoms. The van der Waals surface area contributed by atoms with E-state index in [9.17, 15) is 27.6 Å². The number of rotatable bonds is 5. The summed E-state index contributed by atoms with van der Waals surface area (Å²) in [5.74, 6) is -2.64. The third-order valence-electron chi connectivity index (χ3n) is 3.03. The average molecular weight is 375 g/mol. The minimum absolute atomic E-state index is 0.307. The predicted octanol–water partition coefficient (Wildman–Crippen LogP) is 2.71. The monoisotopic (exact) mass is 375 g/mol. The molecule has 6 nitrogen and oxygen atoms in total. The second kappa shape index (κ2) is 8.20. The summed E-state index contributed by atoms with van der Waals surface area (Å²) in [5, 5.41) is 2.20. The number of benzene rings is 1. The number of hydrogen-bond acceptors (Lipinski definition) is 5. The van der Waals surface area contributed by atoms with E-state index < -0.39 is 47.6 Å². The molecule has 1 aromatic rings. The van der Waals surface area contributed by atoms with Gasteiger partial charge in [0.25, 0.3) is 5.91 Å². The van der Waals surface area contributed by atoms with Crippen molar-refractivity contribution in [1.29, 1.82) is 0 Å². The van der Waals surface area contributed by atoms with Gasteiger partial charge in [-0.2, -0.15) is 13.2 Å². The number of hydrogen-bond donors (Lipinski definition) is 1. The molecule has 1 aromatic carbocycles. The van der Waals surface area contributed by atoms with E-state index in [1.54, 1.807) is 20.8 Å². The van der Waals surface area contributed by atoms with Gasteiger partial charge < -0.3 is 14.8 Å². The van der Waals surface area contributed by atoms with Gasteiger partial charge in [-0.05, 0) is 39.0 Å². The van der Waals surface area contributed by atoms with E-state index in [0.717, 1.165) is 25.3 Å². The van der Waals surface area contributed by atoms with Crippen LogP contribution >= 0.6 is 0 Å². The summed E-state index contributed by atoms with van der Waals surface area (Å²) in [6.07, 6.45) is -5.14. The first-order valence-electron chi connectivity index (χ1n) is 7.61. The van der Waals surface area contributed by atoms with Gasteiger partial charge in [0.05, 0.1) is 19.1 Å². The molecule has 0 saturated carbocycles. The molecule has 1 rings (SSSR count). The summed E-state index contributed by atoms with van der Waals surface area (Å²) in [6.45, 7) is 4.87. The SMILES string of the molecule is COC(=O)[C@H](CC(=O)OC(C)(C)C)NC(=O)c1cccc(C(F)(F)F)c1. The molecule has 0 heterocycles. The van der Waals surface area contributed by atoms with Crippen LogP contribution in [0, 0.1) is 0 Å². The fourth-order valence-electron chi connectivity index (χ4n) is 1.96. The molecule has 0 aromatic heterocycles. The Balaban J connectivity index is 2.93. The molecule has 1 amide bonds. The number of ether oxygens (including phenoxy) is 2. The van der Waals surface area contributed by atoms with Crippen LogP contribution in [0.1, 0.15) is 43.1 Å². The Labute approximate surface area is 148 Å². The van der Waals surface area contributed by atoms with E-state index in [-0.39, 0.29) is 5.56 Å². The van der Waals surface area contributed by atoms with Crippen LogP contribution in [0.5, 0.6) is 0 Å². The number of methoxy groups -OCH3 is 1. The van der Waals surface area contributed by atoms with Crippen molar-refractivity contribution in [2.45, 2.75) is 45.0 Å². The minimum Gasteiger partial charge on any atom is -0.467 e. The molecule has 0 aliphatic heterocycles. The quantitative estimate of drug-likeness (QED) is 0.801. The normalized spacial score (nSPS) is 12.9. The molecule has 144 valence electrons. The van der Waals surface area contributed by atoms with Crippen molar-refractivity contribution in [3.63, 3.8) is 0 Å². The Morgan fingerprint density at radius 3 is 2.27 bits per heavy atom. The van der Waals surface area contributed by atoms with Crippen molar-refractivity contribution in [3.05, 3.63) is 35.4 Å². The molecular formula is C17H20F3NO5. The molecular weight excluding hydrogens is 355 g/mol. The fourth-order valence-corrected chi connectivity index (χ4v) is 1.96. The molecule has 0 radical (unpaired) electrons. The Hall–Kier alpha value is -2.58. The average Bonchev–Trinajstić information content (AvgIpc) is 2.50. The van der Waals surface area contributed by atoms with E-state index >= 15 is 0 Å². The molecule has 0 unspecified atom stereocenters. The Kier molecular flexibility index (Phi) is 6.77. The molecule has 0 spiro atoms. The summed E-state index contributed by atoms with van der Waals surface area (Å²) in [7, 11) is 1.06. The lowest BCUT2D eigenvalue weighted by atomic mass is 10.1. The van der Waals surface area contributed by atoms with Crippen LogP contribution in [-0.4, -0.2) is 36.6 Å². The van der Waals surface area contributed by atoms with Gasteiger partial charge in [0.1, 0.15) is 11.6 Å². The summed E-state index contributed by atoms with van der Waals surface area (Å²) in [6, 6.07) is 2.30. The summed E-state index contributed by atoms with van der Waals surface area (Å²) < 4.78 is 47.8. The highest BCUT2D eigenvalue weighted by Crippen LogP contribution is 2.29. The molecule has 0 aliphatic rings. The number of carbonyl (C=O) groups is 3. The Bertz CT molecular complexity index is 680. The van der Waals surface area contributed by atoms with Gasteiger partial charge in [0, 0.05) is 5.56 Å². The third kappa shape index (κ3) is 6.73. The highest BCUT2D eigenvalue weighted by atomic mass is 19.4. The highest BCUT2D eigenvalue weighted by Gasteiger charge is 2.32. The van der Waals surface area contributed by atoms with E-state index in [2.05, 4.69) is 10.1 Å². The van der Waals surface area contributed by atoms with Crippen LogP contribution in [-0.2, 0) is 25.2 Å². The fraction of sp³-hybridized carbons (Fsp3) is 0.471. The number of esters is 2. The van der Waals surface area contributed by atoms with E-state index in [1.165, 1.54) is 0 Å². The summed E-state index contributed by atoms with van der Waals surface area (Å²) >= 11 is 0. The van der Waals surface area contributed by atoms with Crippen molar-refractivity contribution in [1.82, 2.24) is 5.32 Å². The standard InChI is InChI=1S/C17H20F3NO5/c1-16(2,3)26-13(22)9-12(15(24)25-4)21-14(23)10-6-5-7-11(8-10)17(18,19)20/h5-8,12H,9H2,1-4H3,(H,21,23)/t12-/m0/s1. The maximum absolute atomic E-state index is 12.7. The maximum atomic E-state index is 12.7. The molecule has 9 heteroatoms. The maximum Gasteiger partial charge on any atom is 0.416 e. The minimum atomic E-state index is -4.62. The van der Waals surface area contributed by atoms with Crippen LogP contribution in [0.3, 0.4) is 0 Å². The van der Waals surface area contributed by atoms with E-state index in [0.29, 0.717) is 6.07 Å². The number of halogens is 3. The largest absolute Gasteiger partial charge is 0.467 e. The molecule has 0 bridgehead atoms. The predicted molar refractivity (Wildman–Crippen MR) is 85.2 cm³/mol. The van der Waals surface area contributed by atoms with Crippen LogP contribution in [0.25, 0.3) is 0 Å². The zero-order chi connectivity index (χ0) is 20.1. The van der Waals surface area contributed by atoms with Gasteiger partial charge in [-0.3, -0.25) is 9.59 Å². The molecule has 0 fully saturated rings. The number of amides is 1. The summed E-state index contributed by atoms with van der Waals surface area (Å²) in [5.41, 5.74) is -2.12. The van der Waals surface area contributed by atoms with Crippen LogP contribution in [0.2, 0.25) is 0 Å². The lowest BCUT2D eigenvalue weighted by Gasteiger charge is -2.22. The lowest BCUT2D eigenvalue weighted by molar-refractivity contribution is -0.158. The number of alkyl halides is 3. The molecule has 0 aliphatic carbocycles. The van der Waals surface area contributed by atoms with Gasteiger partial charge in [0.15, 0.2) is 0 Å². The van der Waals surface area contributed by atoms with Crippen molar-refractivity contribution in [2.24, 2.45) is 0 Å². The van der Waals surface area contributed by atoms with Crippen molar-refractivity contribution < 1.29 is 37.0 Å². The smallest absolute Gasteiger partial charge is 0.416 e. The first-order chi connectivity index (χ1) is 11.8. The zero-order valence-corrected chi connectivity index (χ0v) is 14.8. The molecule has 1 N–H and O–H groups in total. The van der Waals surface area contributed by atoms with E-state index in [1.807, 2.05) is 0 Å². The molecule has 1 atom stereocenters. The van der Waals surface area contributed by atoms with Crippen molar-refractivity contribution in [3.8, 4) is 0 Å². The van der Waals surface area contributed by atoms with Crippen molar-refractivity contribution >= 4 is 17.8 Å². The van der Waals surface area contributed by atoms with Crippen LogP contribution in [0.15, 0.2) is 24.3 Å². The van der Waals surface area contributed by atoms with Crippen LogP contribution in [0.4, 0.5) is 13.2 Å². The Morgan fingerprint density at radius 1 is 1.15 bits per heavy atom. The molecule has 0 saturated heterocycles. The topological polar surface area (TPSA) is 81.7 Å². The lowest BCUT2D eigenvalue weighted by Crippen LogP contribution is -2.44. The van der Waals surface area contributed by atoms with E-state index in [4.69, 9.17) is 4.74 Å². The first kappa shape index (κ1) is 21.5. The summed E-state index contributed by atoms with van der Waals surface area (Å²) in [4.78, 5) is 35.8. The van der Waals surface area contributed by atoms with Crippen molar-refractivity contribution in [2.75, 3.05) is 7.11 Å². The number of carbonyl (C=O) groups excluding carboxylic acids is 3. The van der Waals surface area contributed by atoms with Gasteiger partial charge >= 0.3 is 18.1 Å². The van der Waals surface area contributed by atoms with Gasteiger partial charge in [0.2, 0.25) is 0 Å². The van der Waals surface area contributed by atoms with Gasteiger partial charge in [-0.25, -0.2) is 4.79 Å². The van der Waals surface area contributed by atoms with Crippen LogP contribution < -0.4 is 5.32 Å². The zero-order valence-electron chi connectivity index (χ0n) is 14.8. The third-order valence-corrected chi connectivity index (χ3v) is 3.03.